The first-order valence-electron chi connectivity index (χ1n) is 6.58. The van der Waals surface area contributed by atoms with Crippen molar-refractivity contribution in [1.29, 1.82) is 0 Å². The van der Waals surface area contributed by atoms with Crippen LogP contribution in [0.3, 0.4) is 0 Å². The predicted octanol–water partition coefficient (Wildman–Crippen LogP) is 3.24. The van der Waals surface area contributed by atoms with E-state index >= 15 is 0 Å². The fourth-order valence-electron chi connectivity index (χ4n) is 2.09. The van der Waals surface area contributed by atoms with Gasteiger partial charge in [0.25, 0.3) is 0 Å². The quantitative estimate of drug-likeness (QED) is 0.674. The molecule has 0 spiro atoms. The molecule has 2 aromatic rings. The van der Waals surface area contributed by atoms with E-state index in [0.29, 0.717) is 27.0 Å². The number of nitrogens with zero attached hydrogens (tertiary/aromatic N) is 1. The zero-order valence-corrected chi connectivity index (χ0v) is 13.1. The summed E-state index contributed by atoms with van der Waals surface area (Å²) >= 11 is 12.0. The molecule has 2 heterocycles. The van der Waals surface area contributed by atoms with Crippen LogP contribution in [0.5, 0.6) is 0 Å². The number of pyridine rings is 1. The van der Waals surface area contributed by atoms with Crippen molar-refractivity contribution in [1.82, 2.24) is 4.98 Å². The Morgan fingerprint density at radius 2 is 1.74 bits per heavy atom. The van der Waals surface area contributed by atoms with Gasteiger partial charge in [-0.15, -0.1) is 0 Å². The summed E-state index contributed by atoms with van der Waals surface area (Å²) in [5, 5.41) is 3.73. The molecular weight excluding hydrogens is 343 g/mol. The molecule has 8 heteroatoms. The van der Waals surface area contributed by atoms with Crippen LogP contribution < -0.4 is 5.32 Å². The summed E-state index contributed by atoms with van der Waals surface area (Å²) in [6.45, 7) is 0. The third-order valence-electron chi connectivity index (χ3n) is 2.98. The molecule has 0 aliphatic carbocycles. The molecule has 3 rings (SSSR count). The number of hydrogen-bond acceptors (Lipinski definition) is 6. The smallest absolute Gasteiger partial charge is 0.329 e. The largest absolute Gasteiger partial charge is 0.406 e. The van der Waals surface area contributed by atoms with E-state index in [9.17, 15) is 9.59 Å². The Kier molecular flexibility index (Phi) is 4.36. The molecule has 0 atom stereocenters. The third kappa shape index (κ3) is 3.72. The van der Waals surface area contributed by atoms with Crippen LogP contribution in [0.15, 0.2) is 36.5 Å². The third-order valence-corrected chi connectivity index (χ3v) is 3.42. The molecule has 23 heavy (non-hydrogen) atoms. The average molecular weight is 353 g/mol. The second-order valence-corrected chi connectivity index (χ2v) is 5.56. The molecule has 0 radical (unpaired) electrons. The van der Waals surface area contributed by atoms with Gasteiger partial charge >= 0.3 is 18.4 Å². The lowest BCUT2D eigenvalue weighted by molar-refractivity contribution is -0.197. The summed E-state index contributed by atoms with van der Waals surface area (Å²) < 4.78 is 9.85. The van der Waals surface area contributed by atoms with Crippen LogP contribution in [0, 0.1) is 0 Å². The number of cyclic esters (lactones) is 2. The van der Waals surface area contributed by atoms with Gasteiger partial charge in [-0.1, -0.05) is 23.2 Å². The molecule has 0 bridgehead atoms. The maximum absolute atomic E-state index is 11.3. The Labute approximate surface area is 141 Å². The van der Waals surface area contributed by atoms with Crippen molar-refractivity contribution < 1.29 is 19.1 Å². The molecule has 6 nitrogen and oxygen atoms in total. The molecule has 0 saturated carbocycles. The molecule has 1 aromatic heterocycles. The van der Waals surface area contributed by atoms with Gasteiger partial charge in [0.1, 0.15) is 6.42 Å². The number of nitrogens with one attached hydrogen (secondary N) is 1. The maximum Gasteiger partial charge on any atom is 0.329 e. The molecular formula is C15H10Cl2N2O4. The van der Waals surface area contributed by atoms with Crippen molar-refractivity contribution in [2.75, 3.05) is 5.32 Å². The minimum absolute atomic E-state index is 0.401. The first kappa shape index (κ1) is 15.6. The number of carbonyl (C=O) groups is 2. The van der Waals surface area contributed by atoms with E-state index in [1.807, 2.05) is 0 Å². The number of anilines is 1. The van der Waals surface area contributed by atoms with Crippen LogP contribution in [-0.2, 0) is 19.1 Å². The monoisotopic (exact) mass is 352 g/mol. The topological polar surface area (TPSA) is 77.5 Å². The molecule has 0 unspecified atom stereocenters. The summed E-state index contributed by atoms with van der Waals surface area (Å²) in [7, 11) is 0. The number of ether oxygens (including phenoxy) is 2. The van der Waals surface area contributed by atoms with Gasteiger partial charge in [-0.05, 0) is 30.3 Å². The summed E-state index contributed by atoms with van der Waals surface area (Å²) in [6, 6.07) is 8.38. The lowest BCUT2D eigenvalue weighted by atomic mass is 10.1. The molecule has 1 fully saturated rings. The lowest BCUT2D eigenvalue weighted by Gasteiger charge is -2.24. The Morgan fingerprint density at radius 3 is 2.39 bits per heavy atom. The van der Waals surface area contributed by atoms with Crippen molar-refractivity contribution in [3.63, 3.8) is 0 Å². The number of hydrogen-bond donors (Lipinski definition) is 1. The van der Waals surface area contributed by atoms with E-state index in [0.717, 1.165) is 0 Å². The van der Waals surface area contributed by atoms with Gasteiger partial charge in [-0.25, -0.2) is 0 Å². The Balaban J connectivity index is 1.91. The fourth-order valence-corrected chi connectivity index (χ4v) is 2.62. The van der Waals surface area contributed by atoms with Crippen molar-refractivity contribution in [2.45, 2.75) is 12.8 Å². The highest BCUT2D eigenvalue weighted by Gasteiger charge is 2.28. The van der Waals surface area contributed by atoms with Gasteiger partial charge in [0.2, 0.25) is 0 Å². The Bertz CT molecular complexity index is 746. The highest BCUT2D eigenvalue weighted by atomic mass is 35.5. The van der Waals surface area contributed by atoms with Gasteiger partial charge in [-0.2, -0.15) is 0 Å². The minimum atomic E-state index is -1.21. The number of halogens is 2. The van der Waals surface area contributed by atoms with Crippen LogP contribution in [0.4, 0.5) is 5.69 Å². The fraction of sp³-hybridized carbons (Fsp3) is 0.133. The van der Waals surface area contributed by atoms with Crippen molar-refractivity contribution >= 4 is 40.8 Å². The van der Waals surface area contributed by atoms with Crippen LogP contribution in [0.1, 0.15) is 6.42 Å². The van der Waals surface area contributed by atoms with Gasteiger partial charge in [0.05, 0.1) is 11.4 Å². The molecule has 1 saturated heterocycles. The van der Waals surface area contributed by atoms with E-state index in [1.54, 1.807) is 36.5 Å². The SMILES string of the molecule is O=C1CC(=O)OC(Nc2cccnc2-c2cc(Cl)cc(Cl)c2)O1. The number of aromatic nitrogens is 1. The molecule has 1 N–H and O–H groups in total. The van der Waals surface area contributed by atoms with Gasteiger partial charge in [0, 0.05) is 21.8 Å². The zero-order chi connectivity index (χ0) is 16.4. The number of esters is 2. The van der Waals surface area contributed by atoms with Crippen LogP contribution in [0.25, 0.3) is 11.3 Å². The number of carbonyl (C=O) groups excluding carboxylic acids is 2. The minimum Gasteiger partial charge on any atom is -0.406 e. The molecule has 118 valence electrons. The van der Waals surface area contributed by atoms with Crippen molar-refractivity contribution in [2.24, 2.45) is 0 Å². The van der Waals surface area contributed by atoms with E-state index in [2.05, 4.69) is 10.3 Å². The normalized spacial score (nSPS) is 15.0. The zero-order valence-electron chi connectivity index (χ0n) is 11.6. The van der Waals surface area contributed by atoms with Crippen molar-refractivity contribution in [3.05, 3.63) is 46.6 Å². The lowest BCUT2D eigenvalue weighted by Crippen LogP contribution is -2.37. The second-order valence-electron chi connectivity index (χ2n) is 4.69. The van der Waals surface area contributed by atoms with E-state index < -0.39 is 24.8 Å². The molecule has 1 aliphatic rings. The highest BCUT2D eigenvalue weighted by Crippen LogP contribution is 2.31. The Hall–Kier alpha value is -2.31. The molecule has 1 aromatic carbocycles. The maximum atomic E-state index is 11.3. The second kappa shape index (κ2) is 6.44. The number of benzene rings is 1. The Morgan fingerprint density at radius 1 is 1.09 bits per heavy atom. The van der Waals surface area contributed by atoms with Crippen molar-refractivity contribution in [3.8, 4) is 11.3 Å². The molecule has 0 amide bonds. The summed E-state index contributed by atoms with van der Waals surface area (Å²) in [6.07, 6.45) is -0.0164. The standard InChI is InChI=1S/C15H10Cl2N2O4/c16-9-4-8(5-10(17)6-9)14-11(2-1-3-18-14)19-15-22-12(20)7-13(21)23-15/h1-6,15,19H,7H2. The molecule has 1 aliphatic heterocycles. The van der Waals surface area contributed by atoms with E-state index in [4.69, 9.17) is 32.7 Å². The predicted molar refractivity (Wildman–Crippen MR) is 83.9 cm³/mol. The highest BCUT2D eigenvalue weighted by molar-refractivity contribution is 6.35. The average Bonchev–Trinajstić information content (AvgIpc) is 2.45. The van der Waals surface area contributed by atoms with Gasteiger partial charge in [-0.3, -0.25) is 14.6 Å². The van der Waals surface area contributed by atoms with Crippen LogP contribution in [0.2, 0.25) is 10.0 Å². The summed E-state index contributed by atoms with van der Waals surface area (Å²) in [5.74, 6) is -1.31. The summed E-state index contributed by atoms with van der Waals surface area (Å²) in [5.41, 5.74) is 1.69. The summed E-state index contributed by atoms with van der Waals surface area (Å²) in [4.78, 5) is 26.9. The first-order valence-corrected chi connectivity index (χ1v) is 7.34. The van der Waals surface area contributed by atoms with Crippen LogP contribution in [-0.4, -0.2) is 23.3 Å². The van der Waals surface area contributed by atoms with Gasteiger partial charge < -0.3 is 14.8 Å². The first-order chi connectivity index (χ1) is 11.0. The van der Waals surface area contributed by atoms with Gasteiger partial charge in [0.15, 0.2) is 0 Å². The van der Waals surface area contributed by atoms with E-state index in [-0.39, 0.29) is 0 Å². The van der Waals surface area contributed by atoms with Crippen LogP contribution >= 0.6 is 23.2 Å². The van der Waals surface area contributed by atoms with E-state index in [1.165, 1.54) is 0 Å². The number of rotatable bonds is 3.